The Morgan fingerprint density at radius 3 is 2.07 bits per heavy atom. The molecule has 6 heteroatoms. The first-order valence-electron chi connectivity index (χ1n) is 8.76. The Labute approximate surface area is 159 Å². The highest BCUT2D eigenvalue weighted by atomic mass is 16.6. The number of carbonyl (C=O) groups excluding carboxylic acids is 2. The van der Waals surface area contributed by atoms with Crippen molar-refractivity contribution in [2.75, 3.05) is 19.0 Å². The minimum atomic E-state index is -0.929. The zero-order valence-corrected chi connectivity index (χ0v) is 16.0. The van der Waals surface area contributed by atoms with Gasteiger partial charge in [0.05, 0.1) is 7.11 Å². The second-order valence-electron chi connectivity index (χ2n) is 6.36. The lowest BCUT2D eigenvalue weighted by Gasteiger charge is -2.14. The molecule has 0 aliphatic carbocycles. The fraction of sp³-hybridized carbons (Fsp3) is 0.333. The van der Waals surface area contributed by atoms with Gasteiger partial charge in [0.25, 0.3) is 5.91 Å². The summed E-state index contributed by atoms with van der Waals surface area (Å²) in [7, 11) is 1.57. The van der Waals surface area contributed by atoms with Gasteiger partial charge in [0.15, 0.2) is 12.7 Å². The van der Waals surface area contributed by atoms with E-state index in [1.807, 2.05) is 24.3 Å². The van der Waals surface area contributed by atoms with Crippen molar-refractivity contribution < 1.29 is 23.8 Å². The van der Waals surface area contributed by atoms with E-state index < -0.39 is 18.0 Å². The summed E-state index contributed by atoms with van der Waals surface area (Å²) < 4.78 is 15.5. The van der Waals surface area contributed by atoms with Gasteiger partial charge in [-0.15, -0.1) is 0 Å². The van der Waals surface area contributed by atoms with Crippen molar-refractivity contribution in [1.29, 1.82) is 0 Å². The van der Waals surface area contributed by atoms with Crippen LogP contribution in [0.2, 0.25) is 0 Å². The number of methoxy groups -OCH3 is 1. The number of benzene rings is 2. The molecule has 1 atom stereocenters. The van der Waals surface area contributed by atoms with Crippen LogP contribution in [0, 0.1) is 0 Å². The van der Waals surface area contributed by atoms with Gasteiger partial charge in [-0.3, -0.25) is 4.79 Å². The fourth-order valence-corrected chi connectivity index (χ4v) is 2.29. The first kappa shape index (κ1) is 20.3. The number of rotatable bonds is 8. The van der Waals surface area contributed by atoms with Crippen LogP contribution in [0.1, 0.15) is 32.3 Å². The van der Waals surface area contributed by atoms with Crippen molar-refractivity contribution in [3.05, 3.63) is 54.1 Å². The molecule has 2 rings (SSSR count). The van der Waals surface area contributed by atoms with Crippen LogP contribution in [0.3, 0.4) is 0 Å². The molecule has 2 aromatic rings. The van der Waals surface area contributed by atoms with Crippen LogP contribution < -0.4 is 14.8 Å². The molecule has 0 aliphatic heterocycles. The minimum Gasteiger partial charge on any atom is -0.497 e. The molecule has 0 unspecified atom stereocenters. The van der Waals surface area contributed by atoms with Gasteiger partial charge in [-0.25, -0.2) is 4.79 Å². The number of hydrogen-bond donors (Lipinski definition) is 1. The summed E-state index contributed by atoms with van der Waals surface area (Å²) in [5.74, 6) is 0.598. The van der Waals surface area contributed by atoms with Crippen molar-refractivity contribution in [3.63, 3.8) is 0 Å². The van der Waals surface area contributed by atoms with Crippen LogP contribution in [0.25, 0.3) is 0 Å². The van der Waals surface area contributed by atoms with Crippen molar-refractivity contribution in [3.8, 4) is 11.5 Å². The first-order valence-corrected chi connectivity index (χ1v) is 8.76. The van der Waals surface area contributed by atoms with Gasteiger partial charge in [0.1, 0.15) is 11.5 Å². The molecule has 0 saturated carbocycles. The van der Waals surface area contributed by atoms with E-state index in [1.54, 1.807) is 31.4 Å². The molecular weight excluding hydrogens is 346 g/mol. The maximum absolute atomic E-state index is 12.2. The topological polar surface area (TPSA) is 73.9 Å². The molecule has 0 aliphatic rings. The molecule has 144 valence electrons. The Hall–Kier alpha value is -3.02. The number of nitrogens with one attached hydrogen (secondary N) is 1. The Bertz CT molecular complexity index is 753. The van der Waals surface area contributed by atoms with E-state index in [-0.39, 0.29) is 6.61 Å². The molecule has 0 heterocycles. The summed E-state index contributed by atoms with van der Waals surface area (Å²) in [5.41, 5.74) is 1.84. The molecule has 0 bridgehead atoms. The maximum atomic E-state index is 12.2. The van der Waals surface area contributed by atoms with Crippen LogP contribution in [0.15, 0.2) is 48.5 Å². The lowest BCUT2D eigenvalue weighted by molar-refractivity contribution is -0.155. The summed E-state index contributed by atoms with van der Waals surface area (Å²) >= 11 is 0. The van der Waals surface area contributed by atoms with Crippen LogP contribution in [-0.2, 0) is 14.3 Å². The minimum absolute atomic E-state index is 0.285. The van der Waals surface area contributed by atoms with Gasteiger partial charge in [-0.2, -0.15) is 0 Å². The average Bonchev–Trinajstić information content (AvgIpc) is 2.67. The predicted molar refractivity (Wildman–Crippen MR) is 103 cm³/mol. The molecule has 1 N–H and O–H groups in total. The highest BCUT2D eigenvalue weighted by molar-refractivity contribution is 5.95. The van der Waals surface area contributed by atoms with E-state index in [4.69, 9.17) is 14.2 Å². The average molecular weight is 371 g/mol. The zero-order chi connectivity index (χ0) is 19.8. The Morgan fingerprint density at radius 1 is 0.926 bits per heavy atom. The molecule has 0 radical (unpaired) electrons. The Balaban J connectivity index is 1.79. The van der Waals surface area contributed by atoms with Gasteiger partial charge in [0, 0.05) is 5.69 Å². The zero-order valence-electron chi connectivity index (χ0n) is 16.0. The second kappa shape index (κ2) is 9.62. The summed E-state index contributed by atoms with van der Waals surface area (Å²) in [4.78, 5) is 24.0. The largest absolute Gasteiger partial charge is 0.497 e. The number of esters is 1. The molecule has 0 fully saturated rings. The van der Waals surface area contributed by atoms with E-state index in [0.717, 1.165) is 0 Å². The van der Waals surface area contributed by atoms with Crippen LogP contribution in [0.4, 0.5) is 5.69 Å². The van der Waals surface area contributed by atoms with Crippen molar-refractivity contribution in [1.82, 2.24) is 0 Å². The normalized spacial score (nSPS) is 11.6. The lowest BCUT2D eigenvalue weighted by Crippen LogP contribution is -2.31. The number of carbonyl (C=O) groups is 2. The number of anilines is 1. The van der Waals surface area contributed by atoms with E-state index in [2.05, 4.69) is 19.2 Å². The highest BCUT2D eigenvalue weighted by Gasteiger charge is 2.18. The van der Waals surface area contributed by atoms with Gasteiger partial charge < -0.3 is 19.5 Å². The molecular formula is C21H25NO5. The smallest absolute Gasteiger partial charge is 0.344 e. The fourth-order valence-electron chi connectivity index (χ4n) is 2.29. The van der Waals surface area contributed by atoms with E-state index in [9.17, 15) is 9.59 Å². The Kier molecular flexibility index (Phi) is 7.23. The monoisotopic (exact) mass is 371 g/mol. The lowest BCUT2D eigenvalue weighted by atomic mass is 10.0. The molecule has 6 nitrogen and oxygen atoms in total. The summed E-state index contributed by atoms with van der Waals surface area (Å²) in [6.07, 6.45) is -0.929. The van der Waals surface area contributed by atoms with E-state index >= 15 is 0 Å². The third-order valence-electron chi connectivity index (χ3n) is 3.94. The maximum Gasteiger partial charge on any atom is 0.344 e. The quantitative estimate of drug-likeness (QED) is 0.715. The predicted octanol–water partition coefficient (Wildman–Crippen LogP) is 3.77. The summed E-state index contributed by atoms with van der Waals surface area (Å²) in [6.45, 7) is 5.43. The van der Waals surface area contributed by atoms with Crippen molar-refractivity contribution in [2.24, 2.45) is 0 Å². The molecule has 27 heavy (non-hydrogen) atoms. The highest BCUT2D eigenvalue weighted by Crippen LogP contribution is 2.18. The molecule has 1 amide bonds. The van der Waals surface area contributed by atoms with E-state index in [1.165, 1.54) is 12.5 Å². The van der Waals surface area contributed by atoms with E-state index in [0.29, 0.717) is 23.1 Å². The third-order valence-corrected chi connectivity index (χ3v) is 3.94. The van der Waals surface area contributed by atoms with Gasteiger partial charge in [-0.1, -0.05) is 26.0 Å². The van der Waals surface area contributed by atoms with Crippen LogP contribution >= 0.6 is 0 Å². The molecule has 0 spiro atoms. The molecule has 0 saturated heterocycles. The SMILES string of the molecule is COc1ccc(OCC(=O)O[C@@H](C)C(=O)Nc2ccc(C(C)C)cc2)cc1. The summed E-state index contributed by atoms with van der Waals surface area (Å²) in [6, 6.07) is 14.4. The standard InChI is InChI=1S/C21H25NO5/c1-14(2)16-5-7-17(8-6-16)22-21(24)15(3)27-20(23)13-26-19-11-9-18(25-4)10-12-19/h5-12,14-15H,13H2,1-4H3,(H,22,24)/t15-/m0/s1. The number of hydrogen-bond acceptors (Lipinski definition) is 5. The molecule has 0 aromatic heterocycles. The number of ether oxygens (including phenoxy) is 3. The van der Waals surface area contributed by atoms with Crippen LogP contribution in [0.5, 0.6) is 11.5 Å². The van der Waals surface area contributed by atoms with Gasteiger partial charge in [0.2, 0.25) is 0 Å². The van der Waals surface area contributed by atoms with Crippen LogP contribution in [-0.4, -0.2) is 31.7 Å². The Morgan fingerprint density at radius 2 is 1.52 bits per heavy atom. The first-order chi connectivity index (χ1) is 12.9. The number of amides is 1. The van der Waals surface area contributed by atoms with Crippen molar-refractivity contribution >= 4 is 17.6 Å². The second-order valence-corrected chi connectivity index (χ2v) is 6.36. The molecule has 2 aromatic carbocycles. The van der Waals surface area contributed by atoms with Crippen molar-refractivity contribution in [2.45, 2.75) is 32.8 Å². The van der Waals surface area contributed by atoms with Gasteiger partial charge in [-0.05, 0) is 54.8 Å². The summed E-state index contributed by atoms with van der Waals surface area (Å²) in [5, 5.41) is 2.73. The third kappa shape index (κ3) is 6.33. The van der Waals surface area contributed by atoms with Gasteiger partial charge >= 0.3 is 5.97 Å².